The van der Waals surface area contributed by atoms with Crippen LogP contribution in [0.4, 0.5) is 0 Å². The molecule has 1 atom stereocenters. The summed E-state index contributed by atoms with van der Waals surface area (Å²) in [5.41, 5.74) is 1.46. The van der Waals surface area contributed by atoms with Crippen molar-refractivity contribution in [1.29, 1.82) is 0 Å². The third-order valence-electron chi connectivity index (χ3n) is 3.16. The molecule has 0 saturated heterocycles. The molecule has 1 aliphatic rings. The minimum Gasteiger partial charge on any atom is -0.353 e. The van der Waals surface area contributed by atoms with Crippen LogP contribution < -0.4 is 5.32 Å². The van der Waals surface area contributed by atoms with Crippen LogP contribution in [-0.4, -0.2) is 36.5 Å². The lowest BCUT2D eigenvalue weighted by Gasteiger charge is -2.25. The number of hydrogen-bond donors (Lipinski definition) is 1. The van der Waals surface area contributed by atoms with Gasteiger partial charge in [-0.25, -0.2) is 0 Å². The highest BCUT2D eigenvalue weighted by Gasteiger charge is 2.13. The van der Waals surface area contributed by atoms with E-state index in [0.717, 1.165) is 32.5 Å². The van der Waals surface area contributed by atoms with Crippen molar-refractivity contribution in [1.82, 2.24) is 10.2 Å². The molecule has 0 aromatic rings. The van der Waals surface area contributed by atoms with Crippen molar-refractivity contribution in [3.8, 4) is 11.8 Å². The van der Waals surface area contributed by atoms with Crippen LogP contribution in [0.2, 0.25) is 0 Å². The van der Waals surface area contributed by atoms with E-state index >= 15 is 0 Å². The summed E-state index contributed by atoms with van der Waals surface area (Å²) in [6.45, 7) is 8.76. The topological polar surface area (TPSA) is 32.3 Å². The van der Waals surface area contributed by atoms with Crippen molar-refractivity contribution >= 4 is 5.91 Å². The number of hydrogen-bond acceptors (Lipinski definition) is 2. The lowest BCUT2D eigenvalue weighted by atomic mass is 10.0. The number of nitrogens with zero attached hydrogens (tertiary/aromatic N) is 1. The molecular weight excluding hydrogens is 224 g/mol. The first kappa shape index (κ1) is 14.8. The molecule has 1 amide bonds. The third kappa shape index (κ3) is 5.37. The summed E-state index contributed by atoms with van der Waals surface area (Å²) in [7, 11) is 0. The Bertz CT molecular complexity index is 362. The molecule has 0 aromatic carbocycles. The molecule has 1 aliphatic heterocycles. The quantitative estimate of drug-likeness (QED) is 0.596. The minimum absolute atomic E-state index is 0.138. The van der Waals surface area contributed by atoms with E-state index in [-0.39, 0.29) is 11.9 Å². The Morgan fingerprint density at radius 2 is 2.39 bits per heavy atom. The molecule has 1 unspecified atom stereocenters. The van der Waals surface area contributed by atoms with Gasteiger partial charge in [-0.15, -0.1) is 5.92 Å². The van der Waals surface area contributed by atoms with Gasteiger partial charge >= 0.3 is 0 Å². The maximum Gasteiger partial charge on any atom is 0.219 e. The summed E-state index contributed by atoms with van der Waals surface area (Å²) in [6, 6.07) is 0.241. The van der Waals surface area contributed by atoms with Crippen LogP contribution in [0, 0.1) is 11.8 Å². The van der Waals surface area contributed by atoms with Gasteiger partial charge in [-0.3, -0.25) is 9.69 Å². The predicted molar refractivity (Wildman–Crippen MR) is 75.1 cm³/mol. The number of carbonyl (C=O) groups is 1. The first-order chi connectivity index (χ1) is 8.65. The van der Waals surface area contributed by atoms with E-state index in [1.165, 1.54) is 5.57 Å². The minimum atomic E-state index is 0.138. The van der Waals surface area contributed by atoms with E-state index in [2.05, 4.69) is 35.1 Å². The van der Waals surface area contributed by atoms with Crippen molar-refractivity contribution in [2.75, 3.05) is 19.6 Å². The van der Waals surface area contributed by atoms with Crippen LogP contribution in [-0.2, 0) is 4.79 Å². The zero-order valence-electron chi connectivity index (χ0n) is 11.8. The Labute approximate surface area is 111 Å². The molecule has 0 bridgehead atoms. The van der Waals surface area contributed by atoms with E-state index in [0.29, 0.717) is 6.42 Å². The van der Waals surface area contributed by atoms with Crippen LogP contribution in [0.25, 0.3) is 0 Å². The highest BCUT2D eigenvalue weighted by molar-refractivity contribution is 5.75. The average Bonchev–Trinajstić information content (AvgIpc) is 2.37. The molecule has 0 spiro atoms. The maximum atomic E-state index is 11.3. The molecule has 0 aliphatic carbocycles. The largest absolute Gasteiger partial charge is 0.353 e. The number of amides is 1. The summed E-state index contributed by atoms with van der Waals surface area (Å²) >= 11 is 0. The Morgan fingerprint density at radius 1 is 1.61 bits per heavy atom. The molecule has 0 aromatic heterocycles. The Hall–Kier alpha value is -1.27. The van der Waals surface area contributed by atoms with Gasteiger partial charge in [-0.2, -0.15) is 0 Å². The Balaban J connectivity index is 2.33. The van der Waals surface area contributed by atoms with E-state index in [1.54, 1.807) is 0 Å². The third-order valence-corrected chi connectivity index (χ3v) is 3.16. The van der Waals surface area contributed by atoms with Gasteiger partial charge in [0, 0.05) is 25.6 Å². The summed E-state index contributed by atoms with van der Waals surface area (Å²) in [6.07, 6.45) is 4.92. The van der Waals surface area contributed by atoms with Crippen molar-refractivity contribution < 1.29 is 4.79 Å². The second kappa shape index (κ2) is 7.94. The van der Waals surface area contributed by atoms with E-state index in [1.807, 2.05) is 13.8 Å². The SMILES string of the molecule is CC#CCN1CC=C(CC(C)NC(=O)CC)CC1. The zero-order valence-corrected chi connectivity index (χ0v) is 11.8. The van der Waals surface area contributed by atoms with Crippen LogP contribution in [0.15, 0.2) is 11.6 Å². The summed E-state index contributed by atoms with van der Waals surface area (Å²) in [5.74, 6) is 6.16. The molecule has 3 nitrogen and oxygen atoms in total. The second-order valence-electron chi connectivity index (χ2n) is 4.80. The number of nitrogens with one attached hydrogen (secondary N) is 1. The summed E-state index contributed by atoms with van der Waals surface area (Å²) in [5, 5.41) is 3.01. The van der Waals surface area contributed by atoms with Crippen LogP contribution in [0.3, 0.4) is 0 Å². The van der Waals surface area contributed by atoms with Crippen LogP contribution >= 0.6 is 0 Å². The van der Waals surface area contributed by atoms with Gasteiger partial charge < -0.3 is 5.32 Å². The average molecular weight is 248 g/mol. The van der Waals surface area contributed by atoms with E-state index < -0.39 is 0 Å². The Kier molecular flexibility index (Phi) is 6.53. The smallest absolute Gasteiger partial charge is 0.219 e. The van der Waals surface area contributed by atoms with Gasteiger partial charge in [0.25, 0.3) is 0 Å². The van der Waals surface area contributed by atoms with Gasteiger partial charge in [0.05, 0.1) is 6.54 Å². The van der Waals surface area contributed by atoms with Gasteiger partial charge in [-0.1, -0.05) is 24.5 Å². The fraction of sp³-hybridized carbons (Fsp3) is 0.667. The molecular formula is C15H24N2O. The van der Waals surface area contributed by atoms with Crippen molar-refractivity contribution in [3.05, 3.63) is 11.6 Å². The second-order valence-corrected chi connectivity index (χ2v) is 4.80. The number of carbonyl (C=O) groups excluding carboxylic acids is 1. The maximum absolute atomic E-state index is 11.3. The van der Waals surface area contributed by atoms with Gasteiger partial charge in [0.15, 0.2) is 0 Å². The first-order valence-electron chi connectivity index (χ1n) is 6.75. The lowest BCUT2D eigenvalue weighted by molar-refractivity contribution is -0.121. The summed E-state index contributed by atoms with van der Waals surface area (Å²) < 4.78 is 0. The molecule has 100 valence electrons. The van der Waals surface area contributed by atoms with Crippen LogP contribution in [0.1, 0.15) is 40.0 Å². The van der Waals surface area contributed by atoms with Gasteiger partial charge in [0.1, 0.15) is 0 Å². The van der Waals surface area contributed by atoms with Gasteiger partial charge in [0.2, 0.25) is 5.91 Å². The molecule has 1 rings (SSSR count). The molecule has 0 radical (unpaired) electrons. The van der Waals surface area contributed by atoms with Crippen molar-refractivity contribution in [3.63, 3.8) is 0 Å². The van der Waals surface area contributed by atoms with E-state index in [4.69, 9.17) is 0 Å². The van der Waals surface area contributed by atoms with Gasteiger partial charge in [-0.05, 0) is 26.7 Å². The number of rotatable bonds is 5. The summed E-state index contributed by atoms with van der Waals surface area (Å²) in [4.78, 5) is 13.6. The van der Waals surface area contributed by atoms with E-state index in [9.17, 15) is 4.79 Å². The molecule has 18 heavy (non-hydrogen) atoms. The van der Waals surface area contributed by atoms with Crippen molar-refractivity contribution in [2.45, 2.75) is 46.1 Å². The van der Waals surface area contributed by atoms with Crippen molar-refractivity contribution in [2.24, 2.45) is 0 Å². The first-order valence-corrected chi connectivity index (χ1v) is 6.75. The monoisotopic (exact) mass is 248 g/mol. The zero-order chi connectivity index (χ0) is 13.4. The molecule has 0 saturated carbocycles. The van der Waals surface area contributed by atoms with Crippen LogP contribution in [0.5, 0.6) is 0 Å². The molecule has 0 fully saturated rings. The standard InChI is InChI=1S/C15H24N2O/c1-4-6-9-17-10-7-14(8-11-17)12-13(3)16-15(18)5-2/h7,13H,5,8-12H2,1-3H3,(H,16,18). The highest BCUT2D eigenvalue weighted by Crippen LogP contribution is 2.15. The highest BCUT2D eigenvalue weighted by atomic mass is 16.1. The fourth-order valence-electron chi connectivity index (χ4n) is 2.09. The molecule has 3 heteroatoms. The molecule has 1 heterocycles. The normalized spacial score (nSPS) is 17.4. The Morgan fingerprint density at radius 3 is 2.94 bits per heavy atom. The predicted octanol–water partition coefficient (Wildman–Crippen LogP) is 1.95. The lowest BCUT2D eigenvalue weighted by Crippen LogP contribution is -2.34. The molecule has 1 N–H and O–H groups in total. The fourth-order valence-corrected chi connectivity index (χ4v) is 2.09.